The molecule has 1 heterocycles. The number of nitrogens with one attached hydrogen (secondary N) is 1. The van der Waals surface area contributed by atoms with Crippen LogP contribution in [0.3, 0.4) is 0 Å². The molecule has 5 nitrogen and oxygen atoms in total. The first kappa shape index (κ1) is 12.6. The van der Waals surface area contributed by atoms with E-state index >= 15 is 0 Å². The standard InChI is InChI=1S/C11H16N2O3/c1-16-7-5-13-11(15)9-2-4-12-10(8-9)3-6-14/h2,4,8,14H,3,5-7H2,1H3,(H,13,15). The van der Waals surface area contributed by atoms with Crippen LogP contribution in [0.1, 0.15) is 16.1 Å². The van der Waals surface area contributed by atoms with Gasteiger partial charge in [-0.3, -0.25) is 9.78 Å². The Morgan fingerprint density at radius 3 is 3.12 bits per heavy atom. The number of ether oxygens (including phenoxy) is 1. The predicted octanol–water partition coefficient (Wildman–Crippen LogP) is -0.00740. The lowest BCUT2D eigenvalue weighted by Gasteiger charge is -2.05. The number of nitrogens with zero attached hydrogens (tertiary/aromatic N) is 1. The maximum Gasteiger partial charge on any atom is 0.251 e. The second-order valence-corrected chi connectivity index (χ2v) is 3.26. The maximum atomic E-state index is 11.6. The summed E-state index contributed by atoms with van der Waals surface area (Å²) in [5.41, 5.74) is 1.26. The van der Waals surface area contributed by atoms with Gasteiger partial charge in [-0.2, -0.15) is 0 Å². The summed E-state index contributed by atoms with van der Waals surface area (Å²) in [5, 5.41) is 11.5. The van der Waals surface area contributed by atoms with Crippen LogP contribution in [0.5, 0.6) is 0 Å². The maximum absolute atomic E-state index is 11.6. The van der Waals surface area contributed by atoms with E-state index in [1.165, 1.54) is 0 Å². The Balaban J connectivity index is 2.57. The molecule has 5 heteroatoms. The zero-order valence-electron chi connectivity index (χ0n) is 9.27. The number of amides is 1. The van der Waals surface area contributed by atoms with Crippen molar-refractivity contribution in [3.8, 4) is 0 Å². The topological polar surface area (TPSA) is 71.5 Å². The highest BCUT2D eigenvalue weighted by molar-refractivity contribution is 5.94. The zero-order valence-corrected chi connectivity index (χ0v) is 9.27. The molecule has 1 amide bonds. The number of methoxy groups -OCH3 is 1. The predicted molar refractivity (Wildman–Crippen MR) is 59.2 cm³/mol. The first-order chi connectivity index (χ1) is 7.77. The van der Waals surface area contributed by atoms with Crippen LogP contribution in [-0.2, 0) is 11.2 Å². The molecule has 1 aromatic heterocycles. The molecule has 2 N–H and O–H groups in total. The minimum atomic E-state index is -0.154. The summed E-state index contributed by atoms with van der Waals surface area (Å²) < 4.78 is 4.83. The molecule has 1 rings (SSSR count). The molecule has 88 valence electrons. The van der Waals surface area contributed by atoms with Crippen molar-refractivity contribution < 1.29 is 14.6 Å². The van der Waals surface area contributed by atoms with Gasteiger partial charge in [0.25, 0.3) is 5.91 Å². The fourth-order valence-corrected chi connectivity index (χ4v) is 1.24. The van der Waals surface area contributed by atoms with E-state index in [4.69, 9.17) is 9.84 Å². The van der Waals surface area contributed by atoms with Crippen molar-refractivity contribution in [2.24, 2.45) is 0 Å². The molecule has 0 aliphatic rings. The highest BCUT2D eigenvalue weighted by atomic mass is 16.5. The molecule has 0 aliphatic heterocycles. The van der Waals surface area contributed by atoms with Crippen LogP contribution in [0.4, 0.5) is 0 Å². The lowest BCUT2D eigenvalue weighted by Crippen LogP contribution is -2.27. The zero-order chi connectivity index (χ0) is 11.8. The highest BCUT2D eigenvalue weighted by Crippen LogP contribution is 2.02. The van der Waals surface area contributed by atoms with Gasteiger partial charge in [0.1, 0.15) is 0 Å². The minimum absolute atomic E-state index is 0.0295. The Labute approximate surface area is 94.5 Å². The SMILES string of the molecule is COCCNC(=O)c1ccnc(CCO)c1. The van der Waals surface area contributed by atoms with Gasteiger partial charge in [0, 0.05) is 44.1 Å². The number of pyridine rings is 1. The van der Waals surface area contributed by atoms with Gasteiger partial charge in [0.15, 0.2) is 0 Å². The molecule has 0 radical (unpaired) electrons. The number of hydrogen-bond donors (Lipinski definition) is 2. The third-order valence-electron chi connectivity index (χ3n) is 2.04. The van der Waals surface area contributed by atoms with E-state index in [1.54, 1.807) is 25.4 Å². The van der Waals surface area contributed by atoms with Crippen molar-refractivity contribution in [2.75, 3.05) is 26.9 Å². The van der Waals surface area contributed by atoms with Crippen molar-refractivity contribution in [1.82, 2.24) is 10.3 Å². The van der Waals surface area contributed by atoms with Gasteiger partial charge >= 0.3 is 0 Å². The fraction of sp³-hybridized carbons (Fsp3) is 0.455. The van der Waals surface area contributed by atoms with E-state index in [1.807, 2.05) is 0 Å². The van der Waals surface area contributed by atoms with E-state index in [-0.39, 0.29) is 12.5 Å². The van der Waals surface area contributed by atoms with Crippen molar-refractivity contribution in [3.05, 3.63) is 29.6 Å². The number of carbonyl (C=O) groups is 1. The number of rotatable bonds is 6. The van der Waals surface area contributed by atoms with E-state index < -0.39 is 0 Å². The van der Waals surface area contributed by atoms with Gasteiger partial charge in [0.2, 0.25) is 0 Å². The normalized spacial score (nSPS) is 10.1. The summed E-state index contributed by atoms with van der Waals surface area (Å²) in [6.45, 7) is 0.995. The molecule has 0 atom stereocenters. The first-order valence-electron chi connectivity index (χ1n) is 5.11. The fourth-order valence-electron chi connectivity index (χ4n) is 1.24. The van der Waals surface area contributed by atoms with Gasteiger partial charge < -0.3 is 15.2 Å². The Kier molecular flexibility index (Phi) is 5.45. The smallest absolute Gasteiger partial charge is 0.251 e. The molecule has 16 heavy (non-hydrogen) atoms. The molecule has 0 spiro atoms. The quantitative estimate of drug-likeness (QED) is 0.667. The summed E-state index contributed by atoms with van der Waals surface area (Å²) in [6, 6.07) is 3.32. The minimum Gasteiger partial charge on any atom is -0.396 e. The lowest BCUT2D eigenvalue weighted by atomic mass is 10.2. The number of aliphatic hydroxyl groups excluding tert-OH is 1. The average Bonchev–Trinajstić information content (AvgIpc) is 2.30. The summed E-state index contributed by atoms with van der Waals surface area (Å²) in [5.74, 6) is -0.154. The summed E-state index contributed by atoms with van der Waals surface area (Å²) in [6.07, 6.45) is 2.02. The number of aliphatic hydroxyl groups is 1. The van der Waals surface area contributed by atoms with Crippen LogP contribution in [0.15, 0.2) is 18.3 Å². The van der Waals surface area contributed by atoms with Crippen molar-refractivity contribution in [3.63, 3.8) is 0 Å². The van der Waals surface area contributed by atoms with Crippen LogP contribution >= 0.6 is 0 Å². The number of carbonyl (C=O) groups excluding carboxylic acids is 1. The Morgan fingerprint density at radius 1 is 1.62 bits per heavy atom. The third kappa shape index (κ3) is 3.96. The molecule has 0 fully saturated rings. The van der Waals surface area contributed by atoms with Gasteiger partial charge in [0.05, 0.1) is 6.61 Å². The van der Waals surface area contributed by atoms with Gasteiger partial charge in [-0.05, 0) is 12.1 Å². The molecule has 0 bridgehead atoms. The average molecular weight is 224 g/mol. The van der Waals surface area contributed by atoms with Gasteiger partial charge in [-0.15, -0.1) is 0 Å². The van der Waals surface area contributed by atoms with Crippen LogP contribution in [0.25, 0.3) is 0 Å². The van der Waals surface area contributed by atoms with Gasteiger partial charge in [-0.1, -0.05) is 0 Å². The van der Waals surface area contributed by atoms with Crippen molar-refractivity contribution >= 4 is 5.91 Å². The number of hydrogen-bond acceptors (Lipinski definition) is 4. The van der Waals surface area contributed by atoms with Crippen molar-refractivity contribution in [1.29, 1.82) is 0 Å². The molecule has 0 unspecified atom stereocenters. The van der Waals surface area contributed by atoms with Crippen LogP contribution < -0.4 is 5.32 Å². The Bertz CT molecular complexity index is 342. The Hall–Kier alpha value is -1.46. The molecular weight excluding hydrogens is 208 g/mol. The summed E-state index contributed by atoms with van der Waals surface area (Å²) in [4.78, 5) is 15.7. The molecular formula is C11H16N2O3. The number of aromatic nitrogens is 1. The third-order valence-corrected chi connectivity index (χ3v) is 2.04. The molecule has 0 aromatic carbocycles. The second kappa shape index (κ2) is 6.92. The first-order valence-corrected chi connectivity index (χ1v) is 5.11. The van der Waals surface area contributed by atoms with E-state index in [0.29, 0.717) is 30.8 Å². The largest absolute Gasteiger partial charge is 0.396 e. The second-order valence-electron chi connectivity index (χ2n) is 3.26. The van der Waals surface area contributed by atoms with Crippen LogP contribution in [0, 0.1) is 0 Å². The van der Waals surface area contributed by atoms with Crippen molar-refractivity contribution in [2.45, 2.75) is 6.42 Å². The molecule has 0 aliphatic carbocycles. The van der Waals surface area contributed by atoms with E-state index in [0.717, 1.165) is 0 Å². The van der Waals surface area contributed by atoms with E-state index in [2.05, 4.69) is 10.3 Å². The van der Waals surface area contributed by atoms with Crippen LogP contribution in [-0.4, -0.2) is 42.9 Å². The molecule has 0 saturated carbocycles. The van der Waals surface area contributed by atoms with Crippen LogP contribution in [0.2, 0.25) is 0 Å². The van der Waals surface area contributed by atoms with E-state index in [9.17, 15) is 4.79 Å². The monoisotopic (exact) mass is 224 g/mol. The van der Waals surface area contributed by atoms with Gasteiger partial charge in [-0.25, -0.2) is 0 Å². The molecule has 1 aromatic rings. The lowest BCUT2D eigenvalue weighted by molar-refractivity contribution is 0.0937. The summed E-state index contributed by atoms with van der Waals surface area (Å²) >= 11 is 0. The summed E-state index contributed by atoms with van der Waals surface area (Å²) in [7, 11) is 1.58. The Morgan fingerprint density at radius 2 is 2.44 bits per heavy atom. The highest BCUT2D eigenvalue weighted by Gasteiger charge is 2.05. The molecule has 0 saturated heterocycles.